The van der Waals surface area contributed by atoms with Gasteiger partial charge in [0, 0.05) is 15.8 Å². The number of oxime groups is 1. The molecule has 0 bridgehead atoms. The summed E-state index contributed by atoms with van der Waals surface area (Å²) in [7, 11) is 0. The third-order valence-electron chi connectivity index (χ3n) is 3.24. The molecule has 1 aliphatic carbocycles. The molecule has 0 spiro atoms. The zero-order valence-corrected chi connectivity index (χ0v) is 12.2. The molecule has 0 atom stereocenters. The number of nitrogens with zero attached hydrogens (tertiary/aromatic N) is 2. The van der Waals surface area contributed by atoms with Crippen molar-refractivity contribution in [3.63, 3.8) is 0 Å². The first-order valence-electron chi connectivity index (χ1n) is 6.68. The van der Waals surface area contributed by atoms with Crippen LogP contribution in [0.4, 0.5) is 0 Å². The van der Waals surface area contributed by atoms with Crippen LogP contribution in [-0.2, 0) is 9.63 Å². The number of fused-ring (bicyclic) bond motifs is 2. The minimum Gasteiger partial charge on any atom is -0.396 e. The lowest BCUT2D eigenvalue weighted by atomic mass is 9.92. The highest BCUT2D eigenvalue weighted by Gasteiger charge is 2.21. The Kier molecular flexibility index (Phi) is 3.71. The van der Waals surface area contributed by atoms with Crippen molar-refractivity contribution in [2.45, 2.75) is 13.3 Å². The van der Waals surface area contributed by atoms with Gasteiger partial charge in [0.2, 0.25) is 0 Å². The quantitative estimate of drug-likeness (QED) is 0.784. The Balaban J connectivity index is 2.37. The summed E-state index contributed by atoms with van der Waals surface area (Å²) in [6.07, 6.45) is 5.87. The van der Waals surface area contributed by atoms with E-state index in [1.165, 1.54) is 0 Å². The van der Waals surface area contributed by atoms with E-state index in [0.717, 1.165) is 16.4 Å². The third kappa shape index (κ3) is 2.67. The van der Waals surface area contributed by atoms with E-state index >= 15 is 0 Å². The van der Waals surface area contributed by atoms with Gasteiger partial charge < -0.3 is 4.84 Å². The van der Waals surface area contributed by atoms with Gasteiger partial charge in [-0.1, -0.05) is 28.9 Å². The second-order valence-corrected chi connectivity index (χ2v) is 5.10. The van der Waals surface area contributed by atoms with Crippen molar-refractivity contribution >= 4 is 28.8 Å². The molecule has 106 valence electrons. The van der Waals surface area contributed by atoms with Crippen LogP contribution in [0, 0.1) is 0 Å². The zero-order valence-electron chi connectivity index (χ0n) is 11.5. The van der Waals surface area contributed by atoms with Crippen LogP contribution in [0.1, 0.15) is 13.3 Å². The van der Waals surface area contributed by atoms with Crippen molar-refractivity contribution < 1.29 is 9.63 Å². The fraction of sp³-hybridized carbons (Fsp3) is 0.188. The highest BCUT2D eigenvalue weighted by atomic mass is 35.5. The summed E-state index contributed by atoms with van der Waals surface area (Å²) in [5.41, 5.74) is 2.42. The molecule has 5 heteroatoms. The van der Waals surface area contributed by atoms with Gasteiger partial charge in [-0.25, -0.2) is 4.99 Å². The molecule has 1 heterocycles. The van der Waals surface area contributed by atoms with Crippen LogP contribution in [0.2, 0.25) is 5.02 Å². The van der Waals surface area contributed by atoms with E-state index in [1.54, 1.807) is 12.1 Å². The van der Waals surface area contributed by atoms with Gasteiger partial charge in [0.25, 0.3) is 5.91 Å². The van der Waals surface area contributed by atoms with Crippen molar-refractivity contribution in [2.75, 3.05) is 6.61 Å². The van der Waals surface area contributed by atoms with E-state index in [-0.39, 0.29) is 12.3 Å². The fourth-order valence-corrected chi connectivity index (χ4v) is 2.57. The molecule has 0 radical (unpaired) electrons. The number of carbonyl (C=O) groups is 1. The van der Waals surface area contributed by atoms with E-state index in [9.17, 15) is 4.79 Å². The molecule has 21 heavy (non-hydrogen) atoms. The summed E-state index contributed by atoms with van der Waals surface area (Å²) in [6.45, 7) is 2.35. The van der Waals surface area contributed by atoms with Crippen molar-refractivity contribution in [3.05, 3.63) is 57.6 Å². The monoisotopic (exact) mass is 300 g/mol. The normalized spacial score (nSPS) is 18.6. The maximum absolute atomic E-state index is 12.0. The minimum absolute atomic E-state index is 0.175. The summed E-state index contributed by atoms with van der Waals surface area (Å²) < 4.78 is 0. The second-order valence-electron chi connectivity index (χ2n) is 4.66. The van der Waals surface area contributed by atoms with Crippen LogP contribution >= 0.6 is 11.6 Å². The molecule has 2 aliphatic rings. The summed E-state index contributed by atoms with van der Waals surface area (Å²) in [6, 6.07) is 5.29. The summed E-state index contributed by atoms with van der Waals surface area (Å²) in [4.78, 5) is 21.3. The van der Waals surface area contributed by atoms with Crippen LogP contribution in [0.25, 0.3) is 5.57 Å². The molecular formula is C16H13ClN2O2. The van der Waals surface area contributed by atoms with Gasteiger partial charge in [0.05, 0.1) is 11.8 Å². The molecule has 3 rings (SSSR count). The van der Waals surface area contributed by atoms with Gasteiger partial charge in [0.15, 0.2) is 0 Å². The van der Waals surface area contributed by atoms with Gasteiger partial charge >= 0.3 is 0 Å². The van der Waals surface area contributed by atoms with Gasteiger partial charge in [-0.05, 0) is 36.8 Å². The molecule has 0 N–H and O–H groups in total. The van der Waals surface area contributed by atoms with Crippen molar-refractivity contribution in [3.8, 4) is 0 Å². The molecule has 0 saturated heterocycles. The molecular weight excluding hydrogens is 288 g/mol. The maximum atomic E-state index is 12.0. The van der Waals surface area contributed by atoms with E-state index in [0.29, 0.717) is 22.7 Å². The molecule has 1 aromatic carbocycles. The minimum atomic E-state index is -0.175. The standard InChI is InChI=1S/C16H13ClN2O2/c1-2-21-19-14-5-3-4-10-8-15(20)18-13-7-6-11(17)9-12(13)16(10)14/h3-7,9H,2,8H2,1H3/b19-14+. The molecule has 1 amide bonds. The SMILES string of the molecule is CCO/N=C1\C=CC=C2CC(=O)N=c3ccc(Cl)cc3=C21. The Hall–Kier alpha value is -2.20. The van der Waals surface area contributed by atoms with Gasteiger partial charge in [0.1, 0.15) is 12.3 Å². The Labute approximate surface area is 126 Å². The molecule has 0 unspecified atom stereocenters. The first kappa shape index (κ1) is 13.8. The number of amides is 1. The maximum Gasteiger partial charge on any atom is 0.250 e. The molecule has 0 fully saturated rings. The lowest BCUT2D eigenvalue weighted by molar-refractivity contribution is -0.117. The predicted octanol–water partition coefficient (Wildman–Crippen LogP) is 1.93. The van der Waals surface area contributed by atoms with E-state index in [4.69, 9.17) is 16.4 Å². The first-order valence-corrected chi connectivity index (χ1v) is 7.06. The Morgan fingerprint density at radius 2 is 2.29 bits per heavy atom. The smallest absolute Gasteiger partial charge is 0.250 e. The van der Waals surface area contributed by atoms with Gasteiger partial charge in [-0.3, -0.25) is 4.79 Å². The van der Waals surface area contributed by atoms with Gasteiger partial charge in [-0.15, -0.1) is 0 Å². The van der Waals surface area contributed by atoms with E-state index in [1.807, 2.05) is 31.2 Å². The van der Waals surface area contributed by atoms with Crippen molar-refractivity contribution in [1.82, 2.24) is 0 Å². The van der Waals surface area contributed by atoms with E-state index < -0.39 is 0 Å². The second kappa shape index (κ2) is 5.66. The Morgan fingerprint density at radius 3 is 3.10 bits per heavy atom. The molecule has 0 saturated carbocycles. The van der Waals surface area contributed by atoms with Crippen LogP contribution < -0.4 is 10.6 Å². The third-order valence-corrected chi connectivity index (χ3v) is 3.47. The Bertz CT molecular complexity index is 819. The first-order chi connectivity index (χ1) is 10.2. The summed E-state index contributed by atoms with van der Waals surface area (Å²) >= 11 is 6.10. The number of hydrogen-bond acceptors (Lipinski definition) is 3. The summed E-state index contributed by atoms with van der Waals surface area (Å²) in [5.74, 6) is -0.175. The number of hydrogen-bond donors (Lipinski definition) is 0. The topological polar surface area (TPSA) is 51.0 Å². The number of halogens is 1. The molecule has 0 aromatic heterocycles. The van der Waals surface area contributed by atoms with Crippen LogP contribution in [0.5, 0.6) is 0 Å². The van der Waals surface area contributed by atoms with Crippen molar-refractivity contribution in [1.29, 1.82) is 0 Å². The van der Waals surface area contributed by atoms with Crippen LogP contribution in [-0.4, -0.2) is 18.2 Å². The number of benzene rings is 1. The average Bonchev–Trinajstić information content (AvgIpc) is 2.60. The summed E-state index contributed by atoms with van der Waals surface area (Å²) in [5, 5.41) is 6.15. The number of allylic oxidation sites excluding steroid dienone is 3. The highest BCUT2D eigenvalue weighted by Crippen LogP contribution is 2.23. The Morgan fingerprint density at radius 1 is 1.43 bits per heavy atom. The predicted molar refractivity (Wildman–Crippen MR) is 81.5 cm³/mol. The molecule has 1 aromatic rings. The largest absolute Gasteiger partial charge is 0.396 e. The lowest BCUT2D eigenvalue weighted by Gasteiger charge is -2.13. The van der Waals surface area contributed by atoms with E-state index in [2.05, 4.69) is 10.1 Å². The fourth-order valence-electron chi connectivity index (χ4n) is 2.40. The molecule has 4 nitrogen and oxygen atoms in total. The van der Waals surface area contributed by atoms with Gasteiger partial charge in [-0.2, -0.15) is 0 Å². The molecule has 1 aliphatic heterocycles. The highest BCUT2D eigenvalue weighted by molar-refractivity contribution is 6.32. The average molecular weight is 301 g/mol. The van der Waals surface area contributed by atoms with Crippen molar-refractivity contribution in [2.24, 2.45) is 10.1 Å². The zero-order chi connectivity index (χ0) is 14.8. The number of carbonyl (C=O) groups excluding carboxylic acids is 1. The number of rotatable bonds is 2. The van der Waals surface area contributed by atoms with Crippen LogP contribution in [0.3, 0.4) is 0 Å². The van der Waals surface area contributed by atoms with Crippen LogP contribution in [0.15, 0.2) is 52.1 Å². The lowest BCUT2D eigenvalue weighted by Crippen LogP contribution is -2.29.